The van der Waals surface area contributed by atoms with Crippen LogP contribution in [0, 0.1) is 5.92 Å². The normalized spacial score (nSPS) is 11.8. The third kappa shape index (κ3) is 5.09. The molecule has 0 fully saturated rings. The summed E-state index contributed by atoms with van der Waals surface area (Å²) < 4.78 is 5.27. The average molecular weight is 251 g/mol. The molecule has 0 atom stereocenters. The van der Waals surface area contributed by atoms with Gasteiger partial charge in [-0.05, 0) is 0 Å². The minimum atomic E-state index is -2.29. The van der Waals surface area contributed by atoms with E-state index in [1.165, 1.54) is 0 Å². The summed E-state index contributed by atoms with van der Waals surface area (Å²) in [5.74, 6) is -0.0146. The zero-order chi connectivity index (χ0) is 8.36. The van der Waals surface area contributed by atoms with E-state index in [9.17, 15) is 4.79 Å². The van der Waals surface area contributed by atoms with E-state index in [2.05, 4.69) is 14.8 Å². The van der Waals surface area contributed by atoms with Gasteiger partial charge in [0.1, 0.15) is 0 Å². The van der Waals surface area contributed by atoms with Gasteiger partial charge in [0, 0.05) is 0 Å². The second-order valence-electron chi connectivity index (χ2n) is 3.69. The number of hydrogen-bond acceptors (Lipinski definition) is 2. The van der Waals surface area contributed by atoms with Crippen LogP contribution in [0.2, 0.25) is 14.8 Å². The van der Waals surface area contributed by atoms with Gasteiger partial charge in [0.15, 0.2) is 0 Å². The maximum atomic E-state index is 11.0. The Morgan fingerprint density at radius 3 is 1.80 bits per heavy atom. The molecule has 0 saturated heterocycles. The minimum absolute atomic E-state index is 0.0240. The Morgan fingerprint density at radius 2 is 1.70 bits per heavy atom. The maximum absolute atomic E-state index is 11.0. The van der Waals surface area contributed by atoms with Crippen LogP contribution < -0.4 is 0 Å². The number of hydrogen-bond donors (Lipinski definition) is 0. The van der Waals surface area contributed by atoms with Crippen LogP contribution >= 0.6 is 0 Å². The van der Waals surface area contributed by atoms with Crippen molar-refractivity contribution >= 4 is 24.8 Å². The third-order valence-electron chi connectivity index (χ3n) is 0.878. The Labute approximate surface area is 67.4 Å². The predicted molar refractivity (Wildman–Crippen MR) is 44.3 cm³/mol. The molecule has 60 valence electrons. The SMILES string of the molecule is CC(C)C(=O)[O][Sn]([CH3])([CH3])[CH3]. The third-order valence-corrected chi connectivity index (χ3v) is 3.20. The zero-order valence-corrected chi connectivity index (χ0v) is 10.2. The van der Waals surface area contributed by atoms with Crippen molar-refractivity contribution in [3.05, 3.63) is 0 Å². The fraction of sp³-hybridized carbons (Fsp3) is 0.857. The molecule has 3 heteroatoms. The first-order valence-corrected chi connectivity index (χ1v) is 13.3. The van der Waals surface area contributed by atoms with Gasteiger partial charge in [0.25, 0.3) is 0 Å². The summed E-state index contributed by atoms with van der Waals surface area (Å²) in [6, 6.07) is 0. The molecule has 0 bridgehead atoms. The Kier molecular flexibility index (Phi) is 3.70. The molecule has 0 aliphatic heterocycles. The van der Waals surface area contributed by atoms with Gasteiger partial charge in [-0.1, -0.05) is 0 Å². The van der Waals surface area contributed by atoms with E-state index in [4.69, 9.17) is 3.07 Å². The van der Waals surface area contributed by atoms with E-state index in [0.717, 1.165) is 0 Å². The summed E-state index contributed by atoms with van der Waals surface area (Å²) >= 11 is -2.29. The topological polar surface area (TPSA) is 26.3 Å². The van der Waals surface area contributed by atoms with Gasteiger partial charge in [-0.2, -0.15) is 0 Å². The molecule has 0 aliphatic carbocycles. The first kappa shape index (κ1) is 10.3. The number of carbonyl (C=O) groups is 1. The molecule has 0 rings (SSSR count). The molecule has 10 heavy (non-hydrogen) atoms. The second kappa shape index (κ2) is 3.60. The van der Waals surface area contributed by atoms with Crippen LogP contribution in [-0.2, 0) is 7.87 Å². The van der Waals surface area contributed by atoms with Crippen LogP contribution in [0.3, 0.4) is 0 Å². The van der Waals surface area contributed by atoms with E-state index in [0.29, 0.717) is 0 Å². The molecular formula is C7H16O2Sn. The molecule has 0 aromatic heterocycles. The standard InChI is InChI=1S/C4H8O2.3CH3.Sn/c1-3(2)4(5)6;;;;/h3H,1-2H3,(H,5,6);3*1H3;/q;;;;+1/p-1. The number of carbonyl (C=O) groups excluding carboxylic acids is 1. The summed E-state index contributed by atoms with van der Waals surface area (Å²) in [6.45, 7) is 3.72. The van der Waals surface area contributed by atoms with Crippen LogP contribution in [0.4, 0.5) is 0 Å². The van der Waals surface area contributed by atoms with Gasteiger partial charge in [-0.3, -0.25) is 0 Å². The zero-order valence-electron chi connectivity index (χ0n) is 7.39. The van der Waals surface area contributed by atoms with Crippen LogP contribution in [0.15, 0.2) is 0 Å². The Morgan fingerprint density at radius 1 is 1.30 bits per heavy atom. The van der Waals surface area contributed by atoms with Crippen LogP contribution in [0.25, 0.3) is 0 Å². The van der Waals surface area contributed by atoms with Crippen molar-refractivity contribution in [1.29, 1.82) is 0 Å². The predicted octanol–water partition coefficient (Wildman–Crippen LogP) is 2.02. The molecule has 0 N–H and O–H groups in total. The number of rotatable bonds is 2. The summed E-state index contributed by atoms with van der Waals surface area (Å²) in [7, 11) is 0. The molecule has 0 heterocycles. The quantitative estimate of drug-likeness (QED) is 0.701. The second-order valence-corrected chi connectivity index (χ2v) is 16.3. The van der Waals surface area contributed by atoms with Gasteiger partial charge in [-0.25, -0.2) is 0 Å². The van der Waals surface area contributed by atoms with Crippen LogP contribution in [0.1, 0.15) is 13.8 Å². The first-order chi connectivity index (χ1) is 4.33. The molecule has 0 aliphatic rings. The first-order valence-electron chi connectivity index (χ1n) is 3.56. The van der Waals surface area contributed by atoms with E-state index < -0.39 is 18.8 Å². The van der Waals surface area contributed by atoms with E-state index in [1.54, 1.807) is 0 Å². The fourth-order valence-electron chi connectivity index (χ4n) is 0.420. The van der Waals surface area contributed by atoms with Crippen LogP contribution in [0.5, 0.6) is 0 Å². The monoisotopic (exact) mass is 252 g/mol. The Bertz CT molecular complexity index is 124. The van der Waals surface area contributed by atoms with Crippen molar-refractivity contribution < 1.29 is 7.87 Å². The average Bonchev–Trinajstić information content (AvgIpc) is 1.60. The van der Waals surface area contributed by atoms with Gasteiger partial charge >= 0.3 is 67.2 Å². The summed E-state index contributed by atoms with van der Waals surface area (Å²) in [5.41, 5.74) is 0. The molecule has 0 unspecified atom stereocenters. The molecule has 0 amide bonds. The van der Waals surface area contributed by atoms with Gasteiger partial charge in [0.2, 0.25) is 0 Å². The summed E-state index contributed by atoms with van der Waals surface area (Å²) in [6.07, 6.45) is 0. The Hall–Kier alpha value is 0.269. The fourth-order valence-corrected chi connectivity index (χ4v) is 2.81. The molecule has 0 aromatic rings. The molecule has 0 radical (unpaired) electrons. The van der Waals surface area contributed by atoms with Crippen molar-refractivity contribution in [3.63, 3.8) is 0 Å². The van der Waals surface area contributed by atoms with E-state index in [1.807, 2.05) is 13.8 Å². The summed E-state index contributed by atoms with van der Waals surface area (Å²) in [5, 5.41) is 0. The molecule has 0 spiro atoms. The van der Waals surface area contributed by atoms with Crippen molar-refractivity contribution in [3.8, 4) is 0 Å². The van der Waals surface area contributed by atoms with Crippen molar-refractivity contribution in [2.45, 2.75) is 28.7 Å². The van der Waals surface area contributed by atoms with E-state index >= 15 is 0 Å². The Balaban J connectivity index is 3.81. The van der Waals surface area contributed by atoms with Gasteiger partial charge < -0.3 is 0 Å². The molecule has 0 aromatic carbocycles. The summed E-state index contributed by atoms with van der Waals surface area (Å²) in [4.78, 5) is 17.2. The van der Waals surface area contributed by atoms with Gasteiger partial charge in [0.05, 0.1) is 0 Å². The molecular weight excluding hydrogens is 235 g/mol. The molecule has 0 saturated carbocycles. The van der Waals surface area contributed by atoms with Crippen molar-refractivity contribution in [1.82, 2.24) is 0 Å². The van der Waals surface area contributed by atoms with Crippen molar-refractivity contribution in [2.75, 3.05) is 0 Å². The van der Waals surface area contributed by atoms with Crippen LogP contribution in [-0.4, -0.2) is 24.8 Å². The molecule has 2 nitrogen and oxygen atoms in total. The van der Waals surface area contributed by atoms with Gasteiger partial charge in [-0.15, -0.1) is 0 Å². The van der Waals surface area contributed by atoms with Crippen molar-refractivity contribution in [2.24, 2.45) is 5.92 Å². The van der Waals surface area contributed by atoms with E-state index in [-0.39, 0.29) is 11.9 Å².